The number of fused-ring (bicyclic) bond motifs is 1. The van der Waals surface area contributed by atoms with E-state index >= 15 is 0 Å². The summed E-state index contributed by atoms with van der Waals surface area (Å²) in [4.78, 5) is 47.2. The molecule has 0 saturated carbocycles. The lowest BCUT2D eigenvalue weighted by atomic mass is 9.95. The average Bonchev–Trinajstić information content (AvgIpc) is 3.17. The second-order valence-electron chi connectivity index (χ2n) is 5.84. The maximum absolute atomic E-state index is 12.9. The number of rotatable bonds is 3. The number of carbonyl (C=O) groups excluding carboxylic acids is 3. The van der Waals surface area contributed by atoms with Crippen molar-refractivity contribution in [3.8, 4) is 0 Å². The number of imide groups is 1. The van der Waals surface area contributed by atoms with Gasteiger partial charge in [-0.25, -0.2) is 4.90 Å². The number of ketones is 1. The number of benzene rings is 1. The number of nitrogens with zero attached hydrogens (tertiary/aromatic N) is 3. The Morgan fingerprint density at radius 1 is 1.12 bits per heavy atom. The second kappa shape index (κ2) is 5.62. The molecule has 0 bridgehead atoms. The lowest BCUT2D eigenvalue weighted by molar-refractivity contribution is -0.126. The van der Waals surface area contributed by atoms with Crippen molar-refractivity contribution >= 4 is 29.0 Å². The van der Waals surface area contributed by atoms with E-state index in [1.807, 2.05) is 0 Å². The van der Waals surface area contributed by atoms with E-state index in [-0.39, 0.29) is 5.78 Å². The van der Waals surface area contributed by atoms with E-state index in [0.717, 1.165) is 4.90 Å². The van der Waals surface area contributed by atoms with Crippen LogP contribution in [-0.4, -0.2) is 34.4 Å². The summed E-state index contributed by atoms with van der Waals surface area (Å²) in [5, 5.41) is 3.92. The summed E-state index contributed by atoms with van der Waals surface area (Å²) >= 11 is 0. The molecule has 1 aromatic carbocycles. The van der Waals surface area contributed by atoms with Crippen molar-refractivity contribution < 1.29 is 19.2 Å². The zero-order valence-corrected chi connectivity index (χ0v) is 13.2. The summed E-state index contributed by atoms with van der Waals surface area (Å²) in [5.41, 5.74) is 1.96. The summed E-state index contributed by atoms with van der Waals surface area (Å²) in [6.45, 7) is 1.45. The molecule has 25 heavy (non-hydrogen) atoms. The summed E-state index contributed by atoms with van der Waals surface area (Å²) in [6, 6.07) is 9.82. The third kappa shape index (κ3) is 2.32. The highest BCUT2D eigenvalue weighted by atomic mass is 16.6. The van der Waals surface area contributed by atoms with Crippen LogP contribution in [0.4, 0.5) is 5.69 Å². The van der Waals surface area contributed by atoms with Gasteiger partial charge in [0, 0.05) is 23.5 Å². The summed E-state index contributed by atoms with van der Waals surface area (Å²) in [7, 11) is 0. The molecule has 2 aliphatic heterocycles. The fraction of sp³-hybridized carbons (Fsp3) is 0.167. The van der Waals surface area contributed by atoms with Gasteiger partial charge in [0.2, 0.25) is 12.0 Å². The molecule has 0 unspecified atom stereocenters. The van der Waals surface area contributed by atoms with Crippen LogP contribution in [-0.2, 0) is 14.4 Å². The van der Waals surface area contributed by atoms with E-state index in [1.165, 1.54) is 6.92 Å². The number of anilines is 1. The lowest BCUT2D eigenvalue weighted by Crippen LogP contribution is -2.33. The standard InChI is InChI=1S/C18H13N3O4/c1-10(22)11-4-6-13(7-5-11)21-17(23)14-15(12-3-2-8-19-9-12)20-25-16(14)18(21)24/h2-9,14,16H,1H3/t14-,16-/m0/s1. The number of Topliss-reactive ketones (excluding diaryl/α,β-unsaturated/α-hetero) is 1. The number of hydrogen-bond donors (Lipinski definition) is 0. The van der Waals surface area contributed by atoms with Gasteiger partial charge in [-0.2, -0.15) is 0 Å². The number of carbonyl (C=O) groups is 3. The van der Waals surface area contributed by atoms with Crippen molar-refractivity contribution in [1.82, 2.24) is 4.98 Å². The Balaban J connectivity index is 1.67. The Labute approximate surface area is 142 Å². The maximum Gasteiger partial charge on any atom is 0.278 e. The molecule has 7 nitrogen and oxygen atoms in total. The van der Waals surface area contributed by atoms with E-state index in [9.17, 15) is 14.4 Å². The molecule has 0 aliphatic carbocycles. The van der Waals surface area contributed by atoms with Gasteiger partial charge in [-0.05, 0) is 43.3 Å². The van der Waals surface area contributed by atoms with Crippen LogP contribution < -0.4 is 4.90 Å². The minimum atomic E-state index is -0.963. The number of pyridine rings is 1. The largest absolute Gasteiger partial charge is 0.381 e. The molecule has 1 aromatic heterocycles. The van der Waals surface area contributed by atoms with Gasteiger partial charge in [-0.1, -0.05) is 5.16 Å². The molecule has 2 aliphatic rings. The van der Waals surface area contributed by atoms with Gasteiger partial charge in [0.1, 0.15) is 11.6 Å². The third-order valence-corrected chi connectivity index (χ3v) is 4.30. The zero-order chi connectivity index (χ0) is 17.6. The van der Waals surface area contributed by atoms with Gasteiger partial charge in [-0.3, -0.25) is 19.4 Å². The normalized spacial score (nSPS) is 21.8. The van der Waals surface area contributed by atoms with E-state index in [2.05, 4.69) is 10.1 Å². The molecule has 2 aromatic rings. The molecule has 124 valence electrons. The van der Waals surface area contributed by atoms with Crippen molar-refractivity contribution in [3.05, 3.63) is 59.9 Å². The van der Waals surface area contributed by atoms with Crippen molar-refractivity contribution in [2.45, 2.75) is 13.0 Å². The molecule has 7 heteroatoms. The molecular formula is C18H13N3O4. The first-order valence-corrected chi connectivity index (χ1v) is 7.71. The van der Waals surface area contributed by atoms with Gasteiger partial charge in [0.25, 0.3) is 5.91 Å². The predicted octanol–water partition coefficient (Wildman–Crippen LogP) is 1.58. The van der Waals surface area contributed by atoms with Gasteiger partial charge >= 0.3 is 0 Å². The average molecular weight is 335 g/mol. The fourth-order valence-corrected chi connectivity index (χ4v) is 3.03. The van der Waals surface area contributed by atoms with Crippen LogP contribution in [0.2, 0.25) is 0 Å². The van der Waals surface area contributed by atoms with Gasteiger partial charge in [0.05, 0.1) is 5.69 Å². The zero-order valence-electron chi connectivity index (χ0n) is 13.2. The first-order chi connectivity index (χ1) is 12.1. The summed E-state index contributed by atoms with van der Waals surface area (Å²) in [6.07, 6.45) is 2.23. The highest BCUT2D eigenvalue weighted by molar-refractivity contribution is 6.32. The minimum absolute atomic E-state index is 0.0863. The van der Waals surface area contributed by atoms with E-state index < -0.39 is 23.8 Å². The number of hydrogen-bond acceptors (Lipinski definition) is 6. The van der Waals surface area contributed by atoms with Crippen LogP contribution in [0.5, 0.6) is 0 Å². The highest BCUT2D eigenvalue weighted by Crippen LogP contribution is 2.35. The first kappa shape index (κ1) is 15.2. The number of aromatic nitrogens is 1. The monoisotopic (exact) mass is 335 g/mol. The molecule has 0 N–H and O–H groups in total. The molecule has 1 fully saturated rings. The smallest absolute Gasteiger partial charge is 0.278 e. The molecule has 2 amide bonds. The van der Waals surface area contributed by atoms with Crippen molar-refractivity contribution in [2.24, 2.45) is 11.1 Å². The molecule has 3 heterocycles. The van der Waals surface area contributed by atoms with Crippen LogP contribution in [0.1, 0.15) is 22.8 Å². The van der Waals surface area contributed by atoms with E-state index in [1.54, 1.807) is 48.8 Å². The highest BCUT2D eigenvalue weighted by Gasteiger charge is 2.56. The Hall–Kier alpha value is -3.35. The quantitative estimate of drug-likeness (QED) is 0.627. The van der Waals surface area contributed by atoms with Crippen LogP contribution in [0.25, 0.3) is 0 Å². The van der Waals surface area contributed by atoms with Crippen LogP contribution in [0, 0.1) is 5.92 Å². The molecule has 2 atom stereocenters. The fourth-order valence-electron chi connectivity index (χ4n) is 3.03. The maximum atomic E-state index is 12.9. The van der Waals surface area contributed by atoms with Crippen molar-refractivity contribution in [1.29, 1.82) is 0 Å². The minimum Gasteiger partial charge on any atom is -0.381 e. The second-order valence-corrected chi connectivity index (χ2v) is 5.84. The molecule has 0 spiro atoms. The molecular weight excluding hydrogens is 322 g/mol. The summed E-state index contributed by atoms with van der Waals surface area (Å²) < 4.78 is 0. The number of amides is 2. The number of oxime groups is 1. The van der Waals surface area contributed by atoms with Crippen LogP contribution in [0.15, 0.2) is 53.9 Å². The SMILES string of the molecule is CC(=O)c1ccc(N2C(=O)[C@H]3C(c4cccnc4)=NO[C@@H]3C2=O)cc1. The third-order valence-electron chi connectivity index (χ3n) is 4.30. The van der Waals surface area contributed by atoms with Gasteiger partial charge < -0.3 is 4.84 Å². The Morgan fingerprint density at radius 3 is 2.52 bits per heavy atom. The van der Waals surface area contributed by atoms with Crippen molar-refractivity contribution in [3.63, 3.8) is 0 Å². The van der Waals surface area contributed by atoms with Crippen molar-refractivity contribution in [2.75, 3.05) is 4.90 Å². The van der Waals surface area contributed by atoms with Crippen LogP contribution >= 0.6 is 0 Å². The van der Waals surface area contributed by atoms with Gasteiger partial charge in [-0.15, -0.1) is 0 Å². The molecule has 0 radical (unpaired) electrons. The molecule has 1 saturated heterocycles. The first-order valence-electron chi connectivity index (χ1n) is 7.71. The summed E-state index contributed by atoms with van der Waals surface area (Å²) in [5.74, 6) is -1.74. The lowest BCUT2D eigenvalue weighted by Gasteiger charge is -2.15. The van der Waals surface area contributed by atoms with Crippen LogP contribution in [0.3, 0.4) is 0 Å². The Morgan fingerprint density at radius 2 is 1.88 bits per heavy atom. The van der Waals surface area contributed by atoms with Gasteiger partial charge in [0.15, 0.2) is 5.78 Å². The Kier molecular flexibility index (Phi) is 3.42. The molecule has 4 rings (SSSR count). The van der Waals surface area contributed by atoms with E-state index in [0.29, 0.717) is 22.5 Å². The topological polar surface area (TPSA) is 88.9 Å². The predicted molar refractivity (Wildman–Crippen MR) is 88.1 cm³/mol. The Bertz CT molecular complexity index is 906. The van der Waals surface area contributed by atoms with E-state index in [4.69, 9.17) is 4.84 Å².